The lowest BCUT2D eigenvalue weighted by molar-refractivity contribution is 0.0932. The first-order valence-electron chi connectivity index (χ1n) is 7.98. The van der Waals surface area contributed by atoms with E-state index in [0.29, 0.717) is 12.0 Å². The van der Waals surface area contributed by atoms with Gasteiger partial charge in [-0.05, 0) is 56.4 Å². The second-order valence-corrected chi connectivity index (χ2v) is 6.31. The summed E-state index contributed by atoms with van der Waals surface area (Å²) in [6, 6.07) is 5.99. The molecule has 2 rings (SSSR count). The summed E-state index contributed by atoms with van der Waals surface area (Å²) in [5, 5.41) is 3.53. The molecule has 1 N–H and O–H groups in total. The van der Waals surface area contributed by atoms with Crippen molar-refractivity contribution in [2.45, 2.75) is 58.5 Å². The Morgan fingerprint density at radius 1 is 1.33 bits per heavy atom. The minimum atomic E-state index is -0.136. The highest BCUT2D eigenvalue weighted by molar-refractivity contribution is 6.00. The van der Waals surface area contributed by atoms with Crippen LogP contribution in [-0.4, -0.2) is 25.0 Å². The van der Waals surface area contributed by atoms with E-state index in [1.54, 1.807) is 7.11 Å². The van der Waals surface area contributed by atoms with E-state index in [1.807, 2.05) is 32.0 Å². The SMILES string of the molecule is COc1ccc(C(=O)C(C)NC2CCCCC2C)cc1C. The van der Waals surface area contributed by atoms with Gasteiger partial charge in [-0.1, -0.05) is 19.8 Å². The summed E-state index contributed by atoms with van der Waals surface area (Å²) < 4.78 is 5.25. The average Bonchev–Trinajstić information content (AvgIpc) is 2.48. The van der Waals surface area contributed by atoms with Gasteiger partial charge in [0.15, 0.2) is 5.78 Å². The van der Waals surface area contributed by atoms with Gasteiger partial charge in [0, 0.05) is 11.6 Å². The third-order valence-corrected chi connectivity index (χ3v) is 4.65. The summed E-state index contributed by atoms with van der Waals surface area (Å²) in [6.45, 7) is 6.23. The van der Waals surface area contributed by atoms with Crippen LogP contribution in [0.5, 0.6) is 5.75 Å². The Morgan fingerprint density at radius 3 is 2.67 bits per heavy atom. The minimum Gasteiger partial charge on any atom is -0.496 e. The van der Waals surface area contributed by atoms with E-state index >= 15 is 0 Å². The third-order valence-electron chi connectivity index (χ3n) is 4.65. The number of ether oxygens (including phenoxy) is 1. The number of Topliss-reactive ketones (excluding diaryl/α,β-unsaturated/α-hetero) is 1. The highest BCUT2D eigenvalue weighted by Crippen LogP contribution is 2.25. The summed E-state index contributed by atoms with van der Waals surface area (Å²) in [5.74, 6) is 1.65. The van der Waals surface area contributed by atoms with Gasteiger partial charge in [-0.25, -0.2) is 0 Å². The number of ketones is 1. The summed E-state index contributed by atoms with van der Waals surface area (Å²) in [6.07, 6.45) is 5.03. The largest absolute Gasteiger partial charge is 0.496 e. The van der Waals surface area contributed by atoms with Crippen LogP contribution in [0, 0.1) is 12.8 Å². The number of rotatable bonds is 5. The summed E-state index contributed by atoms with van der Waals surface area (Å²) >= 11 is 0. The number of carbonyl (C=O) groups is 1. The number of carbonyl (C=O) groups excluding carboxylic acids is 1. The van der Waals surface area contributed by atoms with Crippen molar-refractivity contribution in [3.8, 4) is 5.75 Å². The number of hydrogen-bond donors (Lipinski definition) is 1. The highest BCUT2D eigenvalue weighted by atomic mass is 16.5. The molecule has 3 unspecified atom stereocenters. The number of benzene rings is 1. The van der Waals surface area contributed by atoms with E-state index in [-0.39, 0.29) is 11.8 Å². The second-order valence-electron chi connectivity index (χ2n) is 6.31. The van der Waals surface area contributed by atoms with Crippen molar-refractivity contribution in [1.29, 1.82) is 0 Å². The number of aryl methyl sites for hydroxylation is 1. The maximum atomic E-state index is 12.6. The smallest absolute Gasteiger partial charge is 0.179 e. The fourth-order valence-electron chi connectivity index (χ4n) is 3.24. The van der Waals surface area contributed by atoms with Crippen molar-refractivity contribution in [2.75, 3.05) is 7.11 Å². The van der Waals surface area contributed by atoms with Gasteiger partial charge in [-0.15, -0.1) is 0 Å². The first kappa shape index (κ1) is 16.0. The quantitative estimate of drug-likeness (QED) is 0.839. The van der Waals surface area contributed by atoms with Crippen LogP contribution in [0.15, 0.2) is 18.2 Å². The van der Waals surface area contributed by atoms with E-state index in [0.717, 1.165) is 16.9 Å². The zero-order valence-electron chi connectivity index (χ0n) is 13.6. The Kier molecular flexibility index (Phi) is 5.40. The lowest BCUT2D eigenvalue weighted by Gasteiger charge is -2.31. The van der Waals surface area contributed by atoms with Gasteiger partial charge in [0.25, 0.3) is 0 Å². The first-order chi connectivity index (χ1) is 10.0. The molecule has 0 amide bonds. The molecule has 0 saturated heterocycles. The monoisotopic (exact) mass is 289 g/mol. The molecular formula is C18H27NO2. The van der Waals surface area contributed by atoms with E-state index < -0.39 is 0 Å². The van der Waals surface area contributed by atoms with Gasteiger partial charge in [-0.3, -0.25) is 4.79 Å². The Bertz CT molecular complexity index is 498. The van der Waals surface area contributed by atoms with E-state index in [9.17, 15) is 4.79 Å². The molecule has 3 atom stereocenters. The van der Waals surface area contributed by atoms with Crippen molar-refractivity contribution in [3.05, 3.63) is 29.3 Å². The molecule has 1 saturated carbocycles. The van der Waals surface area contributed by atoms with Crippen LogP contribution in [0.25, 0.3) is 0 Å². The maximum absolute atomic E-state index is 12.6. The van der Waals surface area contributed by atoms with E-state index in [2.05, 4.69) is 12.2 Å². The molecular weight excluding hydrogens is 262 g/mol. The Hall–Kier alpha value is -1.35. The number of hydrogen-bond acceptors (Lipinski definition) is 3. The molecule has 116 valence electrons. The minimum absolute atomic E-state index is 0.136. The third kappa shape index (κ3) is 3.85. The molecule has 1 aromatic rings. The zero-order valence-corrected chi connectivity index (χ0v) is 13.6. The standard InChI is InChI=1S/C18H27NO2/c1-12-7-5-6-8-16(12)19-14(3)18(20)15-9-10-17(21-4)13(2)11-15/h9-12,14,16,19H,5-8H2,1-4H3. The molecule has 1 fully saturated rings. The molecule has 0 spiro atoms. The van der Waals surface area contributed by atoms with Crippen molar-refractivity contribution < 1.29 is 9.53 Å². The van der Waals surface area contributed by atoms with Crippen LogP contribution >= 0.6 is 0 Å². The first-order valence-corrected chi connectivity index (χ1v) is 7.98. The van der Waals surface area contributed by atoms with Crippen LogP contribution < -0.4 is 10.1 Å². The number of methoxy groups -OCH3 is 1. The summed E-state index contributed by atoms with van der Waals surface area (Å²) in [7, 11) is 1.65. The predicted molar refractivity (Wildman–Crippen MR) is 86.1 cm³/mol. The van der Waals surface area contributed by atoms with Gasteiger partial charge >= 0.3 is 0 Å². The summed E-state index contributed by atoms with van der Waals surface area (Å²) in [4.78, 5) is 12.6. The fraction of sp³-hybridized carbons (Fsp3) is 0.611. The Morgan fingerprint density at radius 2 is 2.05 bits per heavy atom. The van der Waals surface area contributed by atoms with Gasteiger partial charge in [0.2, 0.25) is 0 Å². The molecule has 0 bridgehead atoms. The maximum Gasteiger partial charge on any atom is 0.179 e. The van der Waals surface area contributed by atoms with Crippen molar-refractivity contribution in [3.63, 3.8) is 0 Å². The molecule has 1 aliphatic carbocycles. The van der Waals surface area contributed by atoms with E-state index in [1.165, 1.54) is 25.7 Å². The fourth-order valence-corrected chi connectivity index (χ4v) is 3.24. The van der Waals surface area contributed by atoms with Crippen LogP contribution in [0.1, 0.15) is 55.5 Å². The zero-order chi connectivity index (χ0) is 15.4. The Labute approximate surface area is 128 Å². The molecule has 0 heterocycles. The van der Waals surface area contributed by atoms with Crippen molar-refractivity contribution in [1.82, 2.24) is 5.32 Å². The van der Waals surface area contributed by atoms with Crippen LogP contribution in [-0.2, 0) is 0 Å². The van der Waals surface area contributed by atoms with Crippen molar-refractivity contribution >= 4 is 5.78 Å². The van der Waals surface area contributed by atoms with Gasteiger partial charge in [0.1, 0.15) is 5.75 Å². The molecule has 3 nitrogen and oxygen atoms in total. The number of nitrogens with one attached hydrogen (secondary N) is 1. The molecule has 1 aromatic carbocycles. The lowest BCUT2D eigenvalue weighted by Crippen LogP contribution is -2.45. The van der Waals surface area contributed by atoms with Crippen LogP contribution in [0.4, 0.5) is 0 Å². The topological polar surface area (TPSA) is 38.3 Å². The molecule has 0 aromatic heterocycles. The second kappa shape index (κ2) is 7.08. The van der Waals surface area contributed by atoms with Gasteiger partial charge < -0.3 is 10.1 Å². The summed E-state index contributed by atoms with van der Waals surface area (Å²) in [5.41, 5.74) is 1.76. The molecule has 0 radical (unpaired) electrons. The Balaban J connectivity index is 2.03. The van der Waals surface area contributed by atoms with Crippen LogP contribution in [0.2, 0.25) is 0 Å². The molecule has 1 aliphatic rings. The normalized spacial score (nSPS) is 23.6. The van der Waals surface area contributed by atoms with E-state index in [4.69, 9.17) is 4.74 Å². The predicted octanol–water partition coefficient (Wildman–Crippen LogP) is 3.74. The lowest BCUT2D eigenvalue weighted by atomic mass is 9.85. The van der Waals surface area contributed by atoms with Crippen LogP contribution in [0.3, 0.4) is 0 Å². The molecule has 3 heteroatoms. The van der Waals surface area contributed by atoms with Gasteiger partial charge in [-0.2, -0.15) is 0 Å². The average molecular weight is 289 g/mol. The van der Waals surface area contributed by atoms with Crippen molar-refractivity contribution in [2.24, 2.45) is 5.92 Å². The molecule has 21 heavy (non-hydrogen) atoms. The molecule has 0 aliphatic heterocycles. The highest BCUT2D eigenvalue weighted by Gasteiger charge is 2.25. The van der Waals surface area contributed by atoms with Gasteiger partial charge in [0.05, 0.1) is 13.2 Å².